The van der Waals surface area contributed by atoms with E-state index in [9.17, 15) is 13.2 Å². The minimum atomic E-state index is -4.86. The second-order valence-corrected chi connectivity index (χ2v) is 2.20. The molecule has 0 bridgehead atoms. The molecule has 0 atom stereocenters. The van der Waals surface area contributed by atoms with Crippen LogP contribution in [0.15, 0.2) is 12.3 Å². The maximum atomic E-state index is 10.7. The third kappa shape index (κ3) is 6.07. The van der Waals surface area contributed by atoms with E-state index in [1.54, 1.807) is 6.07 Å². The summed E-state index contributed by atoms with van der Waals surface area (Å²) in [5.74, 6) is -1.64. The summed E-state index contributed by atoms with van der Waals surface area (Å²) in [6.07, 6.45) is -3.35. The van der Waals surface area contributed by atoms with Crippen LogP contribution in [0.4, 0.5) is 24.9 Å². The van der Waals surface area contributed by atoms with Crippen molar-refractivity contribution in [3.05, 3.63) is 12.3 Å². The van der Waals surface area contributed by atoms with E-state index in [1.165, 1.54) is 6.20 Å². The molecule has 0 aromatic carbocycles. The summed E-state index contributed by atoms with van der Waals surface area (Å²) in [4.78, 5) is 16.4. The van der Waals surface area contributed by atoms with Gasteiger partial charge in [0.2, 0.25) is 5.95 Å². The number of aromatic nitrogens is 2. The zero-order valence-electron chi connectivity index (χ0n) is 7.32. The Balaban J connectivity index is 0.000000265. The van der Waals surface area contributed by atoms with Gasteiger partial charge < -0.3 is 17.2 Å². The monoisotopic (exact) mass is 223 g/mol. The summed E-state index contributed by atoms with van der Waals surface area (Å²) < 4.78 is 32.1. The van der Waals surface area contributed by atoms with Crippen molar-refractivity contribution >= 4 is 17.7 Å². The number of alkyl halides is 3. The smallest absolute Gasteiger partial charge is 0.384 e. The van der Waals surface area contributed by atoms with Gasteiger partial charge in [0.15, 0.2) is 0 Å². The number of hydrogen-bond acceptors (Lipinski definition) is 5. The number of carbonyl (C=O) groups is 1. The SMILES string of the molecule is NC(=O)C(F)(F)F.Nc1ccnc(N)n1. The van der Waals surface area contributed by atoms with Gasteiger partial charge in [-0.15, -0.1) is 0 Å². The lowest BCUT2D eigenvalue weighted by Crippen LogP contribution is -2.30. The van der Waals surface area contributed by atoms with E-state index in [2.05, 4.69) is 15.7 Å². The van der Waals surface area contributed by atoms with Crippen LogP contribution in [0.25, 0.3) is 0 Å². The summed E-state index contributed by atoms with van der Waals surface area (Å²) in [5.41, 5.74) is 14.2. The Bertz CT molecular complexity index is 323. The summed E-state index contributed by atoms with van der Waals surface area (Å²) in [6.45, 7) is 0. The highest BCUT2D eigenvalue weighted by molar-refractivity contribution is 5.79. The predicted molar refractivity (Wildman–Crippen MR) is 46.1 cm³/mol. The zero-order valence-corrected chi connectivity index (χ0v) is 7.32. The fourth-order valence-corrected chi connectivity index (χ4v) is 0.388. The van der Waals surface area contributed by atoms with Gasteiger partial charge >= 0.3 is 12.1 Å². The van der Waals surface area contributed by atoms with Crippen molar-refractivity contribution in [1.82, 2.24) is 9.97 Å². The molecule has 1 aromatic heterocycles. The average molecular weight is 223 g/mol. The van der Waals surface area contributed by atoms with E-state index in [0.29, 0.717) is 5.82 Å². The largest absolute Gasteiger partial charge is 0.470 e. The molecule has 0 fully saturated rings. The number of halogens is 3. The second kappa shape index (κ2) is 4.98. The summed E-state index contributed by atoms with van der Waals surface area (Å²) in [7, 11) is 0. The first-order valence-corrected chi connectivity index (χ1v) is 3.44. The summed E-state index contributed by atoms with van der Waals surface area (Å²) >= 11 is 0. The standard InChI is InChI=1S/C4H6N4.C2H2F3NO/c5-3-1-2-7-4(6)8-3;3-2(4,5)1(6)7/h1-2H,(H4,5,6,7,8);(H2,6,7). The molecule has 0 aliphatic carbocycles. The molecular weight excluding hydrogens is 215 g/mol. The van der Waals surface area contributed by atoms with Crippen molar-refractivity contribution in [2.45, 2.75) is 6.18 Å². The molecule has 1 heterocycles. The van der Waals surface area contributed by atoms with E-state index < -0.39 is 12.1 Å². The van der Waals surface area contributed by atoms with Crippen molar-refractivity contribution in [1.29, 1.82) is 0 Å². The number of anilines is 2. The highest BCUT2D eigenvalue weighted by atomic mass is 19.4. The lowest BCUT2D eigenvalue weighted by molar-refractivity contribution is -0.169. The van der Waals surface area contributed by atoms with E-state index in [-0.39, 0.29) is 5.95 Å². The van der Waals surface area contributed by atoms with Crippen molar-refractivity contribution in [3.8, 4) is 0 Å². The van der Waals surface area contributed by atoms with E-state index in [0.717, 1.165) is 0 Å². The number of nitrogen functional groups attached to an aromatic ring is 2. The molecule has 1 rings (SSSR count). The van der Waals surface area contributed by atoms with Gasteiger partial charge in [0.05, 0.1) is 0 Å². The number of carbonyl (C=O) groups excluding carboxylic acids is 1. The first kappa shape index (κ1) is 12.9. The van der Waals surface area contributed by atoms with E-state index in [4.69, 9.17) is 16.3 Å². The molecule has 6 nitrogen and oxygen atoms in total. The maximum Gasteiger partial charge on any atom is 0.470 e. The maximum absolute atomic E-state index is 10.7. The van der Waals surface area contributed by atoms with Crippen LogP contribution in [0.2, 0.25) is 0 Å². The van der Waals surface area contributed by atoms with Crippen molar-refractivity contribution in [3.63, 3.8) is 0 Å². The molecule has 84 valence electrons. The minimum absolute atomic E-state index is 0.213. The Morgan fingerprint density at radius 2 is 1.80 bits per heavy atom. The van der Waals surface area contributed by atoms with Gasteiger partial charge in [-0.3, -0.25) is 4.79 Å². The van der Waals surface area contributed by atoms with Crippen LogP contribution in [0.5, 0.6) is 0 Å². The Labute approximate surface area is 82.3 Å². The number of nitrogens with two attached hydrogens (primary N) is 3. The minimum Gasteiger partial charge on any atom is -0.384 e. The molecule has 1 amide bonds. The summed E-state index contributed by atoms with van der Waals surface area (Å²) in [6, 6.07) is 1.58. The normalized spacial score (nSPS) is 10.1. The van der Waals surface area contributed by atoms with Crippen LogP contribution in [0.1, 0.15) is 0 Å². The molecule has 0 saturated heterocycles. The first-order valence-electron chi connectivity index (χ1n) is 3.44. The van der Waals surface area contributed by atoms with Crippen LogP contribution in [-0.4, -0.2) is 22.1 Å². The van der Waals surface area contributed by atoms with E-state index >= 15 is 0 Å². The highest BCUT2D eigenvalue weighted by Crippen LogP contribution is 2.11. The fraction of sp³-hybridized carbons (Fsp3) is 0.167. The fourth-order valence-electron chi connectivity index (χ4n) is 0.388. The molecule has 0 saturated carbocycles. The predicted octanol–water partition coefficient (Wildman–Crippen LogP) is -0.325. The molecule has 0 spiro atoms. The lowest BCUT2D eigenvalue weighted by Gasteiger charge is -1.95. The van der Waals surface area contributed by atoms with Gasteiger partial charge in [0, 0.05) is 6.20 Å². The van der Waals surface area contributed by atoms with E-state index in [1.807, 2.05) is 0 Å². The Kier molecular flexibility index (Phi) is 4.30. The molecular formula is C6H8F3N5O. The molecule has 0 aliphatic rings. The topological polar surface area (TPSA) is 121 Å². The van der Waals surface area contributed by atoms with Gasteiger partial charge in [-0.25, -0.2) is 4.98 Å². The highest BCUT2D eigenvalue weighted by Gasteiger charge is 2.35. The number of rotatable bonds is 0. The molecule has 0 unspecified atom stereocenters. The summed E-state index contributed by atoms with van der Waals surface area (Å²) in [5, 5.41) is 0. The quantitative estimate of drug-likeness (QED) is 0.556. The number of hydrogen-bond donors (Lipinski definition) is 3. The van der Waals surface area contributed by atoms with Crippen LogP contribution in [-0.2, 0) is 4.79 Å². The van der Waals surface area contributed by atoms with Gasteiger partial charge in [0.25, 0.3) is 0 Å². The Morgan fingerprint density at radius 1 is 1.33 bits per heavy atom. The Hall–Kier alpha value is -2.06. The molecule has 1 aromatic rings. The third-order valence-electron chi connectivity index (χ3n) is 0.975. The molecule has 0 radical (unpaired) electrons. The third-order valence-corrected chi connectivity index (χ3v) is 0.975. The van der Waals surface area contributed by atoms with Gasteiger partial charge in [-0.05, 0) is 6.07 Å². The van der Waals surface area contributed by atoms with Crippen LogP contribution in [0, 0.1) is 0 Å². The van der Waals surface area contributed by atoms with Gasteiger partial charge in [-0.1, -0.05) is 0 Å². The van der Waals surface area contributed by atoms with Crippen molar-refractivity contribution in [2.75, 3.05) is 11.5 Å². The lowest BCUT2D eigenvalue weighted by atomic mass is 10.6. The van der Waals surface area contributed by atoms with Crippen LogP contribution >= 0.6 is 0 Å². The zero-order chi connectivity index (χ0) is 12.1. The van der Waals surface area contributed by atoms with Crippen molar-refractivity contribution < 1.29 is 18.0 Å². The first-order chi connectivity index (χ1) is 6.73. The molecule has 9 heteroatoms. The number of nitrogens with zero attached hydrogens (tertiary/aromatic N) is 2. The van der Waals surface area contributed by atoms with Crippen molar-refractivity contribution in [2.24, 2.45) is 5.73 Å². The second-order valence-electron chi connectivity index (χ2n) is 2.20. The van der Waals surface area contributed by atoms with Crippen LogP contribution in [0.3, 0.4) is 0 Å². The number of amides is 1. The van der Waals surface area contributed by atoms with Gasteiger partial charge in [0.1, 0.15) is 5.82 Å². The number of primary amides is 1. The van der Waals surface area contributed by atoms with Crippen LogP contribution < -0.4 is 17.2 Å². The Morgan fingerprint density at radius 3 is 2.00 bits per heavy atom. The molecule has 6 N–H and O–H groups in total. The molecule has 15 heavy (non-hydrogen) atoms. The van der Waals surface area contributed by atoms with Gasteiger partial charge in [-0.2, -0.15) is 18.2 Å². The molecule has 0 aliphatic heterocycles. The average Bonchev–Trinajstić information content (AvgIpc) is 2.02.